The molecule has 0 unspecified atom stereocenters. The van der Waals surface area contributed by atoms with E-state index in [1.807, 2.05) is 52.0 Å². The van der Waals surface area contributed by atoms with Crippen molar-refractivity contribution in [3.05, 3.63) is 94.5 Å². The Bertz CT molecular complexity index is 1390. The minimum Gasteiger partial charge on any atom is -0.449 e. The maximum atomic E-state index is 13.8. The minimum absolute atomic E-state index is 0.0430. The molecule has 2 aromatic carbocycles. The van der Waals surface area contributed by atoms with Gasteiger partial charge in [0.05, 0.1) is 16.8 Å². The van der Waals surface area contributed by atoms with E-state index in [1.54, 1.807) is 6.08 Å². The van der Waals surface area contributed by atoms with Crippen LogP contribution in [0.1, 0.15) is 60.7 Å². The van der Waals surface area contributed by atoms with Gasteiger partial charge in [-0.25, -0.2) is 9.78 Å². The van der Waals surface area contributed by atoms with Crippen LogP contribution in [0.5, 0.6) is 0 Å². The molecule has 3 aromatic rings. The summed E-state index contributed by atoms with van der Waals surface area (Å²) in [5.41, 5.74) is 4.18. The molecule has 1 aliphatic heterocycles. The fourth-order valence-electron chi connectivity index (χ4n) is 4.88. The highest BCUT2D eigenvalue weighted by Gasteiger charge is 2.52. The highest BCUT2D eigenvalue weighted by molar-refractivity contribution is 6.56. The lowest BCUT2D eigenvalue weighted by Crippen LogP contribution is -2.41. The molecule has 0 bridgehead atoms. The molecular weight excluding hydrogens is 498 g/mol. The molecule has 0 saturated carbocycles. The SMILES string of the molecule is CC1(C)OB(C(=Cc2cnc(F)c(C=O)c2)CNC(=O)OCC2c3ccccc3-c3ccccc32)OC1(C)C. The van der Waals surface area contributed by atoms with Crippen molar-refractivity contribution in [2.24, 2.45) is 0 Å². The molecule has 200 valence electrons. The van der Waals surface area contributed by atoms with Gasteiger partial charge in [0, 0.05) is 18.7 Å². The van der Waals surface area contributed by atoms with Gasteiger partial charge < -0.3 is 19.4 Å². The first-order chi connectivity index (χ1) is 18.6. The smallest absolute Gasteiger partial charge is 0.449 e. The van der Waals surface area contributed by atoms with E-state index in [2.05, 4.69) is 34.6 Å². The summed E-state index contributed by atoms with van der Waals surface area (Å²) in [7, 11) is -0.784. The lowest BCUT2D eigenvalue weighted by Gasteiger charge is -2.32. The van der Waals surface area contributed by atoms with Gasteiger partial charge in [-0.05, 0) is 67.1 Å². The first-order valence-electron chi connectivity index (χ1n) is 12.9. The third-order valence-electron chi connectivity index (χ3n) is 7.70. The van der Waals surface area contributed by atoms with E-state index in [0.717, 1.165) is 22.3 Å². The van der Waals surface area contributed by atoms with Crippen LogP contribution in [0.3, 0.4) is 0 Å². The Kier molecular flexibility index (Phi) is 7.14. The molecule has 39 heavy (non-hydrogen) atoms. The van der Waals surface area contributed by atoms with Crippen molar-refractivity contribution in [1.82, 2.24) is 10.3 Å². The summed E-state index contributed by atoms with van der Waals surface area (Å²) in [6.07, 6.45) is 2.79. The van der Waals surface area contributed by atoms with Gasteiger partial charge in [-0.2, -0.15) is 4.39 Å². The zero-order valence-electron chi connectivity index (χ0n) is 22.4. The monoisotopic (exact) mass is 528 g/mol. The molecule has 1 aliphatic carbocycles. The zero-order chi connectivity index (χ0) is 27.8. The van der Waals surface area contributed by atoms with Gasteiger partial charge in [0.15, 0.2) is 6.29 Å². The summed E-state index contributed by atoms with van der Waals surface area (Å²) in [5, 5.41) is 2.79. The summed E-state index contributed by atoms with van der Waals surface area (Å²) in [4.78, 5) is 27.7. The van der Waals surface area contributed by atoms with Crippen LogP contribution in [0.4, 0.5) is 9.18 Å². The number of pyridine rings is 1. The molecule has 0 radical (unpaired) electrons. The number of carbonyl (C=O) groups is 2. The Labute approximate surface area is 227 Å². The highest BCUT2D eigenvalue weighted by Crippen LogP contribution is 2.44. The van der Waals surface area contributed by atoms with Crippen molar-refractivity contribution in [2.45, 2.75) is 44.8 Å². The van der Waals surface area contributed by atoms with E-state index in [0.29, 0.717) is 17.3 Å². The van der Waals surface area contributed by atoms with Crippen LogP contribution in [0.15, 0.2) is 66.3 Å². The van der Waals surface area contributed by atoms with Crippen LogP contribution in [0.2, 0.25) is 0 Å². The maximum Gasteiger partial charge on any atom is 0.492 e. The Morgan fingerprint density at radius 1 is 1.05 bits per heavy atom. The van der Waals surface area contributed by atoms with Crippen LogP contribution in [0, 0.1) is 5.95 Å². The number of nitrogens with one attached hydrogen (secondary N) is 1. The average molecular weight is 528 g/mol. The largest absolute Gasteiger partial charge is 0.492 e. The highest BCUT2D eigenvalue weighted by atomic mass is 19.1. The molecule has 1 amide bonds. The van der Waals surface area contributed by atoms with E-state index in [9.17, 15) is 14.0 Å². The van der Waals surface area contributed by atoms with Crippen molar-refractivity contribution in [1.29, 1.82) is 0 Å². The van der Waals surface area contributed by atoms with Crippen LogP contribution < -0.4 is 5.32 Å². The number of hydrogen-bond acceptors (Lipinski definition) is 6. The van der Waals surface area contributed by atoms with Crippen molar-refractivity contribution >= 4 is 25.6 Å². The lowest BCUT2D eigenvalue weighted by atomic mass is 9.77. The Morgan fingerprint density at radius 3 is 2.23 bits per heavy atom. The van der Waals surface area contributed by atoms with E-state index in [4.69, 9.17) is 14.0 Å². The first kappa shape index (κ1) is 26.8. The molecule has 0 atom stereocenters. The second-order valence-corrected chi connectivity index (χ2v) is 10.8. The molecule has 1 N–H and O–H groups in total. The molecule has 2 aliphatic rings. The van der Waals surface area contributed by atoms with Crippen molar-refractivity contribution in [2.75, 3.05) is 13.2 Å². The van der Waals surface area contributed by atoms with Gasteiger partial charge in [0.1, 0.15) is 6.61 Å². The van der Waals surface area contributed by atoms with Crippen molar-refractivity contribution in [3.8, 4) is 11.1 Å². The first-order valence-corrected chi connectivity index (χ1v) is 12.9. The number of hydrogen-bond donors (Lipinski definition) is 1. The molecule has 1 aromatic heterocycles. The fourth-order valence-corrected chi connectivity index (χ4v) is 4.88. The molecular formula is C30H30BFN2O5. The van der Waals surface area contributed by atoms with Crippen LogP contribution in [-0.2, 0) is 14.0 Å². The number of rotatable bonds is 7. The average Bonchev–Trinajstić information content (AvgIpc) is 3.35. The van der Waals surface area contributed by atoms with Crippen LogP contribution in [0.25, 0.3) is 17.2 Å². The van der Waals surface area contributed by atoms with Crippen LogP contribution >= 0.6 is 0 Å². The van der Waals surface area contributed by atoms with Crippen molar-refractivity contribution < 1.29 is 28.0 Å². The third kappa shape index (κ3) is 5.24. The fraction of sp³-hybridized carbons (Fsp3) is 0.300. The Morgan fingerprint density at radius 2 is 1.64 bits per heavy atom. The summed E-state index contributed by atoms with van der Waals surface area (Å²) < 4.78 is 31.8. The number of aldehydes is 1. The Hall–Kier alpha value is -3.82. The predicted octanol–water partition coefficient (Wildman–Crippen LogP) is 5.59. The number of aromatic nitrogens is 1. The molecule has 7 nitrogen and oxygen atoms in total. The summed E-state index contributed by atoms with van der Waals surface area (Å²) in [5.74, 6) is -0.913. The second kappa shape index (κ2) is 10.4. The van der Waals surface area contributed by atoms with Crippen molar-refractivity contribution in [3.63, 3.8) is 0 Å². The number of ether oxygens (including phenoxy) is 1. The predicted molar refractivity (Wildman–Crippen MR) is 147 cm³/mol. The summed E-state index contributed by atoms with van der Waals surface area (Å²) in [6.45, 7) is 7.92. The topological polar surface area (TPSA) is 86.8 Å². The van der Waals surface area contributed by atoms with Crippen LogP contribution in [-0.4, -0.2) is 48.8 Å². The van der Waals surface area contributed by atoms with Gasteiger partial charge in [-0.1, -0.05) is 54.6 Å². The van der Waals surface area contributed by atoms with Gasteiger partial charge in [-0.3, -0.25) is 4.79 Å². The molecule has 1 saturated heterocycles. The van der Waals surface area contributed by atoms with Gasteiger partial charge >= 0.3 is 13.2 Å². The molecule has 5 rings (SSSR count). The lowest BCUT2D eigenvalue weighted by molar-refractivity contribution is 0.00578. The van der Waals surface area contributed by atoms with Gasteiger partial charge in [0.2, 0.25) is 5.95 Å². The quantitative estimate of drug-likeness (QED) is 0.245. The number of carbonyl (C=O) groups excluding carboxylic acids is 2. The Balaban J connectivity index is 1.32. The van der Waals surface area contributed by atoms with E-state index >= 15 is 0 Å². The minimum atomic E-state index is -0.851. The number of fused-ring (bicyclic) bond motifs is 3. The zero-order valence-corrected chi connectivity index (χ0v) is 22.4. The number of halogens is 1. The number of benzene rings is 2. The van der Waals surface area contributed by atoms with Gasteiger partial charge in [-0.15, -0.1) is 0 Å². The number of alkyl carbamates (subject to hydrolysis) is 1. The molecule has 0 spiro atoms. The van der Waals surface area contributed by atoms with Gasteiger partial charge in [0.25, 0.3) is 0 Å². The summed E-state index contributed by atoms with van der Waals surface area (Å²) >= 11 is 0. The molecule has 9 heteroatoms. The molecule has 2 heterocycles. The normalized spacial score (nSPS) is 17.5. The second-order valence-electron chi connectivity index (χ2n) is 10.8. The number of nitrogens with zero attached hydrogens (tertiary/aromatic N) is 1. The van der Waals surface area contributed by atoms with E-state index in [1.165, 1.54) is 12.3 Å². The maximum absolute atomic E-state index is 13.8. The third-order valence-corrected chi connectivity index (χ3v) is 7.70. The summed E-state index contributed by atoms with van der Waals surface area (Å²) in [6, 6.07) is 17.6. The van der Waals surface area contributed by atoms with E-state index < -0.39 is 30.4 Å². The molecule has 1 fully saturated rings. The van der Waals surface area contributed by atoms with E-state index in [-0.39, 0.29) is 24.6 Å². The number of amides is 1. The standard InChI is InChI=1S/C30H30BFN2O5/c1-29(2)30(3,4)39-31(38-29)21(14-19-13-20(17-35)27(32)33-15-19)16-34-28(36)37-18-26-24-11-7-5-9-22(24)23-10-6-8-12-25(23)26/h5-15,17,26H,16,18H2,1-4H3,(H,34,36).